The summed E-state index contributed by atoms with van der Waals surface area (Å²) in [4.78, 5) is 1.13. The minimum atomic E-state index is 0.358. The van der Waals surface area contributed by atoms with Crippen molar-refractivity contribution in [2.45, 2.75) is 31.0 Å². The molecule has 0 saturated heterocycles. The van der Waals surface area contributed by atoms with Gasteiger partial charge in [-0.2, -0.15) is 4.40 Å². The first-order valence-electron chi connectivity index (χ1n) is 4.65. The number of anilines is 1. The molecule has 0 saturated carbocycles. The first-order chi connectivity index (χ1) is 7.08. The Labute approximate surface area is 102 Å². The number of nitrogens with one attached hydrogen (secondary N) is 2. The minimum Gasteiger partial charge on any atom is -0.353 e. The van der Waals surface area contributed by atoms with E-state index in [1.165, 1.54) is 11.9 Å². The third-order valence-electron chi connectivity index (χ3n) is 1.87. The predicted molar refractivity (Wildman–Crippen MR) is 69.3 cm³/mol. The number of hydrogen-bond acceptors (Lipinski definition) is 5. The molecule has 0 spiro atoms. The summed E-state index contributed by atoms with van der Waals surface area (Å²) in [6.07, 6.45) is 0. The second-order valence-corrected chi connectivity index (χ2v) is 6.22. The third-order valence-corrected chi connectivity index (χ3v) is 4.47. The molecule has 0 fully saturated rings. The molecule has 1 aromatic heterocycles. The van der Waals surface area contributed by atoms with Gasteiger partial charge in [0, 0.05) is 22.9 Å². The van der Waals surface area contributed by atoms with Crippen LogP contribution in [0.25, 0.3) is 0 Å². The first kappa shape index (κ1) is 11.1. The number of thiophene rings is 1. The van der Waals surface area contributed by atoms with Crippen LogP contribution in [0.4, 0.5) is 5.69 Å². The summed E-state index contributed by atoms with van der Waals surface area (Å²) >= 11 is 9.32. The van der Waals surface area contributed by atoms with Crippen molar-refractivity contribution in [3.05, 3.63) is 9.90 Å². The van der Waals surface area contributed by atoms with Gasteiger partial charge < -0.3 is 10.6 Å². The Morgan fingerprint density at radius 1 is 1.47 bits per heavy atom. The summed E-state index contributed by atoms with van der Waals surface area (Å²) in [7, 11) is 0. The first-order valence-corrected chi connectivity index (χ1v) is 6.62. The Morgan fingerprint density at radius 2 is 2.20 bits per heavy atom. The van der Waals surface area contributed by atoms with E-state index < -0.39 is 0 Å². The van der Waals surface area contributed by atoms with Gasteiger partial charge in [-0.3, -0.25) is 0 Å². The number of aryl methyl sites for hydroxylation is 1. The molecule has 0 unspecified atom stereocenters. The average molecular weight is 262 g/mol. The second kappa shape index (κ2) is 4.23. The van der Waals surface area contributed by atoms with Crippen molar-refractivity contribution in [2.24, 2.45) is 4.40 Å². The Kier molecular flexibility index (Phi) is 3.13. The van der Waals surface area contributed by atoms with Crippen LogP contribution < -0.4 is 10.6 Å². The molecular formula is C9H12ClN3S2. The lowest BCUT2D eigenvalue weighted by molar-refractivity contribution is 0.733. The van der Waals surface area contributed by atoms with Crippen LogP contribution in [0.1, 0.15) is 18.7 Å². The molecule has 0 aliphatic carbocycles. The van der Waals surface area contributed by atoms with E-state index in [2.05, 4.69) is 28.9 Å². The highest BCUT2D eigenvalue weighted by Crippen LogP contribution is 2.45. The molecule has 1 aliphatic heterocycles. The molecule has 6 heteroatoms. The van der Waals surface area contributed by atoms with Gasteiger partial charge in [-0.1, -0.05) is 11.6 Å². The van der Waals surface area contributed by atoms with E-state index in [9.17, 15) is 0 Å². The van der Waals surface area contributed by atoms with Gasteiger partial charge in [-0.15, -0.1) is 11.3 Å². The molecule has 0 amide bonds. The van der Waals surface area contributed by atoms with Crippen molar-refractivity contribution in [1.29, 1.82) is 0 Å². The smallest absolute Gasteiger partial charge is 0.208 e. The van der Waals surface area contributed by atoms with E-state index in [0.717, 1.165) is 25.8 Å². The van der Waals surface area contributed by atoms with E-state index in [1.807, 2.05) is 6.92 Å². The van der Waals surface area contributed by atoms with Gasteiger partial charge in [-0.05, 0) is 20.8 Å². The molecule has 82 valence electrons. The maximum atomic E-state index is 6.18. The summed E-state index contributed by atoms with van der Waals surface area (Å²) in [6.45, 7) is 6.17. The Bertz CT molecular complexity index is 412. The van der Waals surface area contributed by atoms with Gasteiger partial charge in [0.2, 0.25) is 5.96 Å². The lowest BCUT2D eigenvalue weighted by Gasteiger charge is -2.17. The number of halogens is 1. The quantitative estimate of drug-likeness (QED) is 0.760. The Morgan fingerprint density at radius 3 is 2.87 bits per heavy atom. The highest BCUT2D eigenvalue weighted by Gasteiger charge is 2.20. The van der Waals surface area contributed by atoms with Gasteiger partial charge >= 0.3 is 0 Å². The topological polar surface area (TPSA) is 36.4 Å². The zero-order valence-electron chi connectivity index (χ0n) is 8.72. The zero-order chi connectivity index (χ0) is 11.0. The van der Waals surface area contributed by atoms with E-state index in [-0.39, 0.29) is 0 Å². The van der Waals surface area contributed by atoms with Crippen molar-refractivity contribution in [3.8, 4) is 0 Å². The highest BCUT2D eigenvalue weighted by atomic mass is 35.5. The number of fused-ring (bicyclic) bond motifs is 1. The standard InChI is InChI=1S/C9H12ClN3S2/c1-4(2)11-9-12-7-6(10)5(3)14-8(7)15-13-9/h4H,1-3H3,(H2,11,12,13). The van der Waals surface area contributed by atoms with Gasteiger partial charge in [0.25, 0.3) is 0 Å². The van der Waals surface area contributed by atoms with Crippen LogP contribution in [0.3, 0.4) is 0 Å². The van der Waals surface area contributed by atoms with Crippen LogP contribution in [0, 0.1) is 6.92 Å². The van der Waals surface area contributed by atoms with Crippen LogP contribution >= 0.6 is 34.9 Å². The molecule has 2 heterocycles. The van der Waals surface area contributed by atoms with Crippen molar-refractivity contribution >= 4 is 46.5 Å². The lowest BCUT2D eigenvalue weighted by Crippen LogP contribution is -2.36. The van der Waals surface area contributed by atoms with Crippen molar-refractivity contribution in [3.63, 3.8) is 0 Å². The normalized spacial score (nSPS) is 14.6. The molecule has 2 rings (SSSR count). The summed E-state index contributed by atoms with van der Waals surface area (Å²) in [5.41, 5.74) is 0.988. The number of nitrogens with zero attached hydrogens (tertiary/aromatic N) is 1. The second-order valence-electron chi connectivity index (χ2n) is 3.59. The fourth-order valence-electron chi connectivity index (χ4n) is 1.23. The molecule has 1 aromatic rings. The van der Waals surface area contributed by atoms with Crippen LogP contribution in [-0.4, -0.2) is 12.0 Å². The molecule has 0 atom stereocenters. The zero-order valence-corrected chi connectivity index (χ0v) is 11.1. The van der Waals surface area contributed by atoms with Crippen LogP contribution in [0.2, 0.25) is 5.02 Å². The van der Waals surface area contributed by atoms with Crippen LogP contribution in [-0.2, 0) is 0 Å². The van der Waals surface area contributed by atoms with E-state index in [1.54, 1.807) is 11.3 Å². The molecule has 0 aromatic carbocycles. The molecule has 1 aliphatic rings. The molecule has 0 radical (unpaired) electrons. The maximum Gasteiger partial charge on any atom is 0.208 e. The summed E-state index contributed by atoms with van der Waals surface area (Å²) in [6, 6.07) is 0.358. The lowest BCUT2D eigenvalue weighted by atomic mass is 10.4. The SMILES string of the molecule is Cc1sc2c(c1Cl)NC(NC(C)C)=NS2. The van der Waals surface area contributed by atoms with Gasteiger partial charge in [0.1, 0.15) is 4.21 Å². The number of hydrogen-bond donors (Lipinski definition) is 2. The van der Waals surface area contributed by atoms with Crippen molar-refractivity contribution in [2.75, 3.05) is 5.32 Å². The summed E-state index contributed by atoms with van der Waals surface area (Å²) in [5, 5.41) is 7.24. The minimum absolute atomic E-state index is 0.358. The number of guanidine groups is 1. The molecular weight excluding hydrogens is 250 g/mol. The average Bonchev–Trinajstić information content (AvgIpc) is 2.43. The molecule has 3 nitrogen and oxygen atoms in total. The van der Waals surface area contributed by atoms with Crippen molar-refractivity contribution in [1.82, 2.24) is 5.32 Å². The Hall–Kier alpha value is -0.390. The highest BCUT2D eigenvalue weighted by molar-refractivity contribution is 8.00. The van der Waals surface area contributed by atoms with E-state index >= 15 is 0 Å². The molecule has 2 N–H and O–H groups in total. The molecule has 15 heavy (non-hydrogen) atoms. The Balaban J connectivity index is 2.20. The fourth-order valence-corrected chi connectivity index (χ4v) is 3.48. The monoisotopic (exact) mass is 261 g/mol. The van der Waals surface area contributed by atoms with Crippen LogP contribution in [0.15, 0.2) is 8.61 Å². The van der Waals surface area contributed by atoms with E-state index in [4.69, 9.17) is 11.6 Å². The fraction of sp³-hybridized carbons (Fsp3) is 0.444. The van der Waals surface area contributed by atoms with E-state index in [0.29, 0.717) is 6.04 Å². The van der Waals surface area contributed by atoms with Gasteiger partial charge in [-0.25, -0.2) is 0 Å². The van der Waals surface area contributed by atoms with Crippen LogP contribution in [0.5, 0.6) is 0 Å². The van der Waals surface area contributed by atoms with Gasteiger partial charge in [0.15, 0.2) is 0 Å². The summed E-state index contributed by atoms with van der Waals surface area (Å²) in [5.74, 6) is 0.780. The molecule has 0 bridgehead atoms. The third kappa shape index (κ3) is 2.24. The largest absolute Gasteiger partial charge is 0.353 e. The maximum absolute atomic E-state index is 6.18. The predicted octanol–water partition coefficient (Wildman–Crippen LogP) is 3.50. The van der Waals surface area contributed by atoms with Crippen molar-refractivity contribution < 1.29 is 0 Å². The number of rotatable bonds is 1. The summed E-state index contributed by atoms with van der Waals surface area (Å²) < 4.78 is 5.46. The van der Waals surface area contributed by atoms with Gasteiger partial charge in [0.05, 0.1) is 10.7 Å².